The molecule has 1 saturated heterocycles. The Kier molecular flexibility index (Phi) is 7.32. The second kappa shape index (κ2) is 11.1. The minimum atomic E-state index is -0.145. The number of benzene rings is 2. The Labute approximate surface area is 215 Å². The third kappa shape index (κ3) is 6.07. The molecule has 190 valence electrons. The molecule has 37 heavy (non-hydrogen) atoms. The largest absolute Gasteiger partial charge is 0.471 e. The van der Waals surface area contributed by atoms with Crippen LogP contribution in [0.5, 0.6) is 17.4 Å². The molecule has 4 aromatic rings. The first-order valence-corrected chi connectivity index (χ1v) is 12.2. The van der Waals surface area contributed by atoms with Crippen molar-refractivity contribution >= 4 is 28.3 Å². The molecule has 0 aliphatic carbocycles. The summed E-state index contributed by atoms with van der Waals surface area (Å²) in [5, 5.41) is 11.5. The molecule has 9 nitrogen and oxygen atoms in total. The first kappa shape index (κ1) is 24.3. The van der Waals surface area contributed by atoms with Gasteiger partial charge in [0.05, 0.1) is 12.2 Å². The van der Waals surface area contributed by atoms with Gasteiger partial charge in [0.1, 0.15) is 23.0 Å². The van der Waals surface area contributed by atoms with E-state index < -0.39 is 0 Å². The van der Waals surface area contributed by atoms with E-state index in [4.69, 9.17) is 9.47 Å². The first-order valence-electron chi connectivity index (χ1n) is 12.2. The minimum Gasteiger partial charge on any atom is -0.471 e. The van der Waals surface area contributed by atoms with Crippen molar-refractivity contribution in [2.45, 2.75) is 12.5 Å². The predicted molar refractivity (Wildman–Crippen MR) is 143 cm³/mol. The highest BCUT2D eigenvalue weighted by atomic mass is 16.5. The Morgan fingerprint density at radius 2 is 2.00 bits per heavy atom. The highest BCUT2D eigenvalue weighted by molar-refractivity contribution is 5.95. The molecule has 0 spiro atoms. The van der Waals surface area contributed by atoms with E-state index in [1.165, 1.54) is 0 Å². The molecule has 5 rings (SSSR count). The Hall–Kier alpha value is -4.37. The zero-order chi connectivity index (χ0) is 25.6. The number of aromatic amines is 1. The van der Waals surface area contributed by atoms with Gasteiger partial charge in [-0.2, -0.15) is 0 Å². The summed E-state index contributed by atoms with van der Waals surface area (Å²) in [5.74, 6) is 1.96. The van der Waals surface area contributed by atoms with E-state index in [-0.39, 0.29) is 12.0 Å². The second-order valence-electron chi connectivity index (χ2n) is 9.16. The van der Waals surface area contributed by atoms with Gasteiger partial charge in [0.15, 0.2) is 5.65 Å². The summed E-state index contributed by atoms with van der Waals surface area (Å²) in [6, 6.07) is 19.3. The van der Waals surface area contributed by atoms with Gasteiger partial charge in [0.2, 0.25) is 11.8 Å². The zero-order valence-electron chi connectivity index (χ0n) is 20.9. The molecular weight excluding hydrogens is 468 g/mol. The molecule has 0 saturated carbocycles. The normalized spacial score (nSPS) is 15.5. The summed E-state index contributed by atoms with van der Waals surface area (Å²) in [6.45, 7) is 1.89. The summed E-state index contributed by atoms with van der Waals surface area (Å²) >= 11 is 0. The number of pyridine rings is 1. The van der Waals surface area contributed by atoms with E-state index in [1.54, 1.807) is 17.2 Å². The number of H-pyrrole nitrogens is 1. The molecule has 1 aliphatic heterocycles. The van der Waals surface area contributed by atoms with Gasteiger partial charge < -0.3 is 24.6 Å². The fourth-order valence-electron chi connectivity index (χ4n) is 4.18. The van der Waals surface area contributed by atoms with E-state index in [0.29, 0.717) is 24.6 Å². The van der Waals surface area contributed by atoms with Crippen LogP contribution in [0.2, 0.25) is 0 Å². The van der Waals surface area contributed by atoms with Crippen molar-refractivity contribution in [2.24, 2.45) is 0 Å². The van der Waals surface area contributed by atoms with Crippen LogP contribution in [-0.2, 0) is 4.79 Å². The van der Waals surface area contributed by atoms with Crippen LogP contribution in [0.15, 0.2) is 79.0 Å². The molecule has 1 atom stereocenters. The lowest BCUT2D eigenvalue weighted by Crippen LogP contribution is -2.29. The van der Waals surface area contributed by atoms with Crippen LogP contribution in [-0.4, -0.2) is 70.7 Å². The van der Waals surface area contributed by atoms with Gasteiger partial charge in [-0.3, -0.25) is 9.89 Å². The lowest BCUT2D eigenvalue weighted by atomic mass is 10.2. The van der Waals surface area contributed by atoms with Crippen LogP contribution in [0, 0.1) is 0 Å². The van der Waals surface area contributed by atoms with Crippen LogP contribution in [0.4, 0.5) is 11.4 Å². The molecule has 2 aromatic heterocycles. The molecule has 2 aromatic carbocycles. The van der Waals surface area contributed by atoms with Crippen molar-refractivity contribution in [3.05, 3.63) is 79.0 Å². The van der Waals surface area contributed by atoms with Gasteiger partial charge in [-0.1, -0.05) is 30.3 Å². The zero-order valence-corrected chi connectivity index (χ0v) is 20.9. The van der Waals surface area contributed by atoms with Gasteiger partial charge in [-0.15, -0.1) is 5.10 Å². The van der Waals surface area contributed by atoms with Crippen LogP contribution < -0.4 is 14.8 Å². The number of hydrogen-bond donors (Lipinski definition) is 2. The highest BCUT2D eigenvalue weighted by Gasteiger charge is 2.28. The molecule has 1 unspecified atom stereocenters. The monoisotopic (exact) mass is 498 g/mol. The number of ether oxygens (including phenoxy) is 2. The summed E-state index contributed by atoms with van der Waals surface area (Å²) < 4.78 is 12.2. The van der Waals surface area contributed by atoms with Crippen molar-refractivity contribution in [2.75, 3.05) is 39.0 Å². The number of fused-ring (bicyclic) bond motifs is 1. The van der Waals surface area contributed by atoms with Gasteiger partial charge in [-0.05, 0) is 44.4 Å². The topological polar surface area (TPSA) is 95.6 Å². The van der Waals surface area contributed by atoms with E-state index in [1.807, 2.05) is 85.7 Å². The summed E-state index contributed by atoms with van der Waals surface area (Å²) in [5.41, 5.74) is 2.28. The number of likely N-dealkylation sites (tertiary alicyclic amines) is 1. The number of hydrogen-bond acceptors (Lipinski definition) is 7. The average Bonchev–Trinajstić information content (AvgIpc) is 3.53. The van der Waals surface area contributed by atoms with E-state index in [2.05, 4.69) is 20.5 Å². The smallest absolute Gasteiger partial charge is 0.246 e. The summed E-state index contributed by atoms with van der Waals surface area (Å²) in [4.78, 5) is 20.7. The fraction of sp³-hybridized carbons (Fsp3) is 0.250. The quantitative estimate of drug-likeness (QED) is 0.326. The van der Waals surface area contributed by atoms with Crippen molar-refractivity contribution in [1.29, 1.82) is 0 Å². The summed E-state index contributed by atoms with van der Waals surface area (Å²) in [6.07, 6.45) is 5.82. The van der Waals surface area contributed by atoms with Gasteiger partial charge in [-0.25, -0.2) is 4.98 Å². The Balaban J connectivity index is 1.29. The molecule has 0 bridgehead atoms. The van der Waals surface area contributed by atoms with Crippen LogP contribution >= 0.6 is 0 Å². The number of para-hydroxylation sites is 1. The molecule has 1 fully saturated rings. The van der Waals surface area contributed by atoms with E-state index in [9.17, 15) is 4.79 Å². The number of amides is 1. The molecule has 9 heteroatoms. The SMILES string of the molecule is CN(C)C/C=C/C(=O)N1CCC(Oc2n[nH]c3nccc(Nc4cccc(Oc5ccccc5)c4)c23)C1. The maximum Gasteiger partial charge on any atom is 0.246 e. The number of anilines is 2. The van der Waals surface area contributed by atoms with Crippen LogP contribution in [0.25, 0.3) is 11.0 Å². The first-order chi connectivity index (χ1) is 18.0. The van der Waals surface area contributed by atoms with Crippen molar-refractivity contribution < 1.29 is 14.3 Å². The maximum absolute atomic E-state index is 12.5. The Morgan fingerprint density at radius 3 is 2.84 bits per heavy atom. The number of rotatable bonds is 9. The Morgan fingerprint density at radius 1 is 1.16 bits per heavy atom. The number of nitrogens with zero attached hydrogens (tertiary/aromatic N) is 4. The van der Waals surface area contributed by atoms with Gasteiger partial charge >= 0.3 is 0 Å². The molecule has 0 radical (unpaired) electrons. The van der Waals surface area contributed by atoms with Crippen LogP contribution in [0.3, 0.4) is 0 Å². The standard InChI is InChI=1S/C28H30N6O3/c1-33(2)16-7-12-25(35)34-17-14-23(19-34)37-28-26-24(13-15-29-27(26)31-32-28)30-20-8-6-11-22(18-20)36-21-9-4-3-5-10-21/h3-13,15,18,23H,14,16-17,19H2,1-2H3,(H2,29,30,31,32)/b12-7+. The lowest BCUT2D eigenvalue weighted by Gasteiger charge is -2.15. The molecular formula is C28H30N6O3. The van der Waals surface area contributed by atoms with Crippen molar-refractivity contribution in [1.82, 2.24) is 25.0 Å². The summed E-state index contributed by atoms with van der Waals surface area (Å²) in [7, 11) is 3.94. The second-order valence-corrected chi connectivity index (χ2v) is 9.16. The predicted octanol–water partition coefficient (Wildman–Crippen LogP) is 4.59. The van der Waals surface area contributed by atoms with Crippen LogP contribution in [0.1, 0.15) is 6.42 Å². The number of aromatic nitrogens is 3. The van der Waals surface area contributed by atoms with Crippen molar-refractivity contribution in [3.63, 3.8) is 0 Å². The average molecular weight is 499 g/mol. The van der Waals surface area contributed by atoms with Gasteiger partial charge in [0.25, 0.3) is 0 Å². The number of nitrogens with one attached hydrogen (secondary N) is 2. The maximum atomic E-state index is 12.5. The van der Waals surface area contributed by atoms with E-state index >= 15 is 0 Å². The van der Waals surface area contributed by atoms with Crippen molar-refractivity contribution in [3.8, 4) is 17.4 Å². The lowest BCUT2D eigenvalue weighted by molar-refractivity contribution is -0.125. The molecule has 1 amide bonds. The highest BCUT2D eigenvalue weighted by Crippen LogP contribution is 2.33. The molecule has 1 aliphatic rings. The molecule has 3 heterocycles. The van der Waals surface area contributed by atoms with E-state index in [0.717, 1.165) is 41.2 Å². The fourth-order valence-corrected chi connectivity index (χ4v) is 4.18. The number of carbonyl (C=O) groups excluding carboxylic acids is 1. The molecule has 2 N–H and O–H groups in total. The van der Waals surface area contributed by atoms with Gasteiger partial charge in [0, 0.05) is 43.5 Å². The third-order valence-corrected chi connectivity index (χ3v) is 5.99. The third-order valence-electron chi connectivity index (χ3n) is 5.99. The minimum absolute atomic E-state index is 0.00135. The number of carbonyl (C=O) groups is 1. The Bertz CT molecular complexity index is 1390. The number of likely N-dealkylation sites (N-methyl/N-ethyl adjacent to an activating group) is 1.